The Morgan fingerprint density at radius 1 is 0.800 bits per heavy atom. The van der Waals surface area contributed by atoms with Crippen molar-refractivity contribution in [2.24, 2.45) is 0 Å². The Morgan fingerprint density at radius 2 is 1.48 bits per heavy atom. The van der Waals surface area contributed by atoms with Gasteiger partial charge >= 0.3 is 0 Å². The lowest BCUT2D eigenvalue weighted by atomic mass is 9.78. The van der Waals surface area contributed by atoms with Gasteiger partial charge in [-0.15, -0.1) is 0 Å². The molecule has 25 heavy (non-hydrogen) atoms. The largest absolute Gasteiger partial charge is 0.107 e. The minimum Gasteiger partial charge on any atom is -0.0843 e. The van der Waals surface area contributed by atoms with Crippen molar-refractivity contribution in [2.45, 2.75) is 38.5 Å². The third-order valence-corrected chi connectivity index (χ3v) is 6.51. The summed E-state index contributed by atoms with van der Waals surface area (Å²) in [6.45, 7) is 9.27. The third-order valence-electron chi connectivity index (χ3n) is 6.28. The highest BCUT2D eigenvalue weighted by molar-refractivity contribution is 6.31. The van der Waals surface area contributed by atoms with E-state index in [-0.39, 0.29) is 10.8 Å². The molecule has 2 aromatic carbocycles. The van der Waals surface area contributed by atoms with Crippen LogP contribution in [-0.2, 0) is 10.8 Å². The average Bonchev–Trinajstić information content (AvgIpc) is 2.94. The van der Waals surface area contributed by atoms with E-state index in [2.05, 4.69) is 70.2 Å². The van der Waals surface area contributed by atoms with Crippen LogP contribution in [-0.4, -0.2) is 0 Å². The number of fused-ring (bicyclic) bond motifs is 5. The topological polar surface area (TPSA) is 0 Å². The first kappa shape index (κ1) is 15.1. The molecule has 0 N–H and O–H groups in total. The van der Waals surface area contributed by atoms with E-state index in [1.54, 1.807) is 0 Å². The molecular weight excluding hydrogens is 324 g/mol. The summed E-state index contributed by atoms with van der Waals surface area (Å²) in [6, 6.07) is 11.2. The molecule has 0 atom stereocenters. The van der Waals surface area contributed by atoms with E-state index in [4.69, 9.17) is 11.6 Å². The van der Waals surface area contributed by atoms with Gasteiger partial charge in [-0.3, -0.25) is 0 Å². The molecule has 3 aliphatic rings. The summed E-state index contributed by atoms with van der Waals surface area (Å²) in [7, 11) is 0. The van der Waals surface area contributed by atoms with Gasteiger partial charge in [-0.25, -0.2) is 0 Å². The maximum Gasteiger partial charge on any atom is 0.107 e. The Hall–Kier alpha value is -2.14. The number of rotatable bonds is 0. The number of benzene rings is 2. The molecule has 0 saturated carbocycles. The lowest BCUT2D eigenvalue weighted by Gasteiger charge is -2.23. The van der Waals surface area contributed by atoms with E-state index in [9.17, 15) is 0 Å². The fourth-order valence-corrected chi connectivity index (χ4v) is 5.01. The van der Waals surface area contributed by atoms with E-state index in [0.717, 1.165) is 5.02 Å². The van der Waals surface area contributed by atoms with Crippen LogP contribution in [0.2, 0.25) is 5.02 Å². The van der Waals surface area contributed by atoms with E-state index < -0.39 is 0 Å². The molecule has 0 unspecified atom stereocenters. The van der Waals surface area contributed by atoms with Gasteiger partial charge in [0.15, 0.2) is 0 Å². The molecule has 0 spiro atoms. The van der Waals surface area contributed by atoms with Crippen LogP contribution < -0.4 is 0 Å². The van der Waals surface area contributed by atoms with Gasteiger partial charge in [0.25, 0.3) is 0 Å². The number of halogens is 1. The summed E-state index contributed by atoms with van der Waals surface area (Å²) in [6.07, 6.45) is 9.65. The van der Waals surface area contributed by atoms with Crippen LogP contribution in [0.3, 0.4) is 0 Å². The van der Waals surface area contributed by atoms with E-state index in [0.29, 0.717) is 0 Å². The van der Waals surface area contributed by atoms with Crippen molar-refractivity contribution in [1.82, 2.24) is 0 Å². The van der Waals surface area contributed by atoms with E-state index >= 15 is 0 Å². The van der Waals surface area contributed by atoms with Crippen LogP contribution >= 0.6 is 11.6 Å². The van der Waals surface area contributed by atoms with Crippen molar-refractivity contribution < 1.29 is 0 Å². The Labute approximate surface area is 154 Å². The van der Waals surface area contributed by atoms with Gasteiger partial charge in [-0.05, 0) is 65.9 Å². The van der Waals surface area contributed by atoms with Crippen LogP contribution in [0.4, 0.5) is 0 Å². The maximum absolute atomic E-state index is 6.33. The molecule has 122 valence electrons. The second-order valence-electron chi connectivity index (χ2n) is 8.35. The highest BCUT2D eigenvalue weighted by Gasteiger charge is 2.45. The molecule has 0 fully saturated rings. The minimum absolute atomic E-state index is 0.00190. The first-order valence-electron chi connectivity index (χ1n) is 8.82. The molecule has 0 saturated heterocycles. The molecule has 0 heterocycles. The molecule has 3 aliphatic carbocycles. The van der Waals surface area contributed by atoms with Crippen LogP contribution in [0.15, 0.2) is 54.1 Å². The van der Waals surface area contributed by atoms with Crippen LogP contribution in [0.1, 0.15) is 49.9 Å². The zero-order valence-corrected chi connectivity index (χ0v) is 15.8. The zero-order valence-electron chi connectivity index (χ0n) is 15.0. The summed E-state index contributed by atoms with van der Waals surface area (Å²) in [5, 5.41) is 0.806. The highest BCUT2D eigenvalue weighted by atomic mass is 35.5. The standard InChI is InChI=1S/C24H20Cl/c1-23(2)19-8-6-5-7-15(19)17-12-22-18(13-21(17)23)16-11-14(25)9-10-20(16)24(22,3)4/h5,7-13H,1-4H3/q+1. The van der Waals surface area contributed by atoms with Crippen LogP contribution in [0.25, 0.3) is 16.7 Å². The van der Waals surface area contributed by atoms with Gasteiger partial charge < -0.3 is 0 Å². The molecular formula is C24H20Cl+. The Kier molecular flexibility index (Phi) is 2.74. The molecule has 0 radical (unpaired) electrons. The fourth-order valence-electron chi connectivity index (χ4n) is 4.84. The van der Waals surface area contributed by atoms with Crippen molar-refractivity contribution >= 4 is 17.2 Å². The van der Waals surface area contributed by atoms with Gasteiger partial charge in [-0.2, -0.15) is 0 Å². The Morgan fingerprint density at radius 3 is 2.28 bits per heavy atom. The summed E-state index contributed by atoms with van der Waals surface area (Å²) in [4.78, 5) is 0. The van der Waals surface area contributed by atoms with Crippen LogP contribution in [0.5, 0.6) is 0 Å². The van der Waals surface area contributed by atoms with Crippen molar-refractivity contribution in [2.75, 3.05) is 0 Å². The SMILES string of the molecule is CC1(C)C2=C(C=C[C+]=C2)c2cc3c(cc21)-c1cc(Cl)ccc1C3(C)C. The minimum atomic E-state index is -0.00190. The second kappa shape index (κ2) is 4.52. The molecule has 0 amide bonds. The first-order valence-corrected chi connectivity index (χ1v) is 9.20. The molecule has 0 bridgehead atoms. The molecule has 5 rings (SSSR count). The monoisotopic (exact) mass is 343 g/mol. The summed E-state index contributed by atoms with van der Waals surface area (Å²) in [5.74, 6) is 0. The smallest absolute Gasteiger partial charge is 0.0843 e. The number of hydrogen-bond acceptors (Lipinski definition) is 0. The number of hydrogen-bond donors (Lipinski definition) is 0. The first-order chi connectivity index (χ1) is 11.8. The zero-order chi connectivity index (χ0) is 17.6. The number of allylic oxidation sites excluding steroid dienone is 6. The molecule has 0 aromatic heterocycles. The van der Waals surface area contributed by atoms with Crippen molar-refractivity contribution in [1.29, 1.82) is 0 Å². The molecule has 0 aliphatic heterocycles. The second-order valence-corrected chi connectivity index (χ2v) is 8.79. The van der Waals surface area contributed by atoms with Gasteiger partial charge in [0.1, 0.15) is 12.2 Å². The van der Waals surface area contributed by atoms with Crippen molar-refractivity contribution in [3.63, 3.8) is 0 Å². The van der Waals surface area contributed by atoms with Gasteiger partial charge in [0.2, 0.25) is 0 Å². The Balaban J connectivity index is 1.85. The van der Waals surface area contributed by atoms with Crippen molar-refractivity contribution in [3.05, 3.63) is 87.5 Å². The summed E-state index contributed by atoms with van der Waals surface area (Å²) in [5.41, 5.74) is 10.9. The summed E-state index contributed by atoms with van der Waals surface area (Å²) < 4.78 is 0. The predicted molar refractivity (Wildman–Crippen MR) is 106 cm³/mol. The Bertz CT molecular complexity index is 1040. The van der Waals surface area contributed by atoms with E-state index in [1.165, 1.54) is 44.5 Å². The quantitative estimate of drug-likeness (QED) is 0.471. The maximum atomic E-state index is 6.33. The lowest BCUT2D eigenvalue weighted by molar-refractivity contribution is 0.646. The van der Waals surface area contributed by atoms with Crippen molar-refractivity contribution in [3.8, 4) is 11.1 Å². The summed E-state index contributed by atoms with van der Waals surface area (Å²) >= 11 is 6.33. The predicted octanol–water partition coefficient (Wildman–Crippen LogP) is 6.62. The highest BCUT2D eigenvalue weighted by Crippen LogP contribution is 2.55. The lowest BCUT2D eigenvalue weighted by Crippen LogP contribution is -2.18. The molecule has 1 heteroatoms. The van der Waals surface area contributed by atoms with E-state index in [1.807, 2.05) is 12.1 Å². The van der Waals surface area contributed by atoms with Gasteiger partial charge in [-0.1, -0.05) is 31.5 Å². The third kappa shape index (κ3) is 1.77. The average molecular weight is 344 g/mol. The molecule has 2 aromatic rings. The normalized spacial score (nSPS) is 20.0. The van der Waals surface area contributed by atoms with Gasteiger partial charge in [0, 0.05) is 22.1 Å². The van der Waals surface area contributed by atoms with Gasteiger partial charge in [0.05, 0.1) is 22.6 Å². The fraction of sp³-hybridized carbons (Fsp3) is 0.250. The molecule has 0 nitrogen and oxygen atoms in total. The van der Waals surface area contributed by atoms with Crippen LogP contribution in [0, 0.1) is 6.08 Å².